The number of methoxy groups -OCH3 is 3. The van der Waals surface area contributed by atoms with Crippen LogP contribution in [0.5, 0.6) is 17.2 Å². The highest BCUT2D eigenvalue weighted by atomic mass is 31.2. The van der Waals surface area contributed by atoms with Crippen molar-refractivity contribution in [1.82, 2.24) is 4.98 Å². The third kappa shape index (κ3) is 3.70. The lowest BCUT2D eigenvalue weighted by Gasteiger charge is -2.28. The molecule has 1 aromatic heterocycles. The van der Waals surface area contributed by atoms with Gasteiger partial charge in [-0.3, -0.25) is 0 Å². The van der Waals surface area contributed by atoms with Crippen molar-refractivity contribution in [3.63, 3.8) is 0 Å². The van der Waals surface area contributed by atoms with Crippen LogP contribution in [-0.2, 0) is 0 Å². The Kier molecular flexibility index (Phi) is 6.00. The van der Waals surface area contributed by atoms with Gasteiger partial charge < -0.3 is 19.2 Å². The fourth-order valence-electron chi connectivity index (χ4n) is 4.56. The molecule has 0 atom stereocenters. The highest BCUT2D eigenvalue weighted by Gasteiger charge is 2.48. The highest BCUT2D eigenvalue weighted by molar-refractivity contribution is 8.01. The summed E-state index contributed by atoms with van der Waals surface area (Å²) >= 11 is 0. The highest BCUT2D eigenvalue weighted by Crippen LogP contribution is 2.55. The van der Waals surface area contributed by atoms with Crippen molar-refractivity contribution >= 4 is 39.4 Å². The Bertz CT molecular complexity index is 1270. The third-order valence-electron chi connectivity index (χ3n) is 6.31. The lowest BCUT2D eigenvalue weighted by atomic mass is 10.2. The molecule has 4 aromatic carbocycles. The minimum Gasteiger partial charge on any atom is -0.497 e. The Labute approximate surface area is 200 Å². The predicted molar refractivity (Wildman–Crippen MR) is 143 cm³/mol. The zero-order valence-electron chi connectivity index (χ0n) is 19.5. The zero-order valence-corrected chi connectivity index (χ0v) is 20.4. The van der Waals surface area contributed by atoms with Crippen LogP contribution in [0.15, 0.2) is 103 Å². The molecule has 0 saturated heterocycles. The molecule has 0 bridgehead atoms. The first kappa shape index (κ1) is 22.1. The number of H-pyrrole nitrogens is 1. The minimum atomic E-state index is -2.26. The summed E-state index contributed by atoms with van der Waals surface area (Å²) < 4.78 is 16.4. The molecule has 1 heterocycles. The van der Waals surface area contributed by atoms with Crippen LogP contribution in [0.2, 0.25) is 0 Å². The summed E-state index contributed by atoms with van der Waals surface area (Å²) in [4.78, 5) is 3.40. The van der Waals surface area contributed by atoms with E-state index in [4.69, 9.17) is 14.2 Å². The lowest BCUT2D eigenvalue weighted by Crippen LogP contribution is -2.38. The SMILES string of the molecule is COc1ccc([P+](c2ccc(OC)cc2)(c2ccc(OC)cc2)c2ccc3cc[nH]c3c2)cc1. The van der Waals surface area contributed by atoms with E-state index in [1.54, 1.807) is 21.3 Å². The van der Waals surface area contributed by atoms with Crippen LogP contribution in [0.1, 0.15) is 0 Å². The van der Waals surface area contributed by atoms with Gasteiger partial charge in [0.15, 0.2) is 0 Å². The monoisotopic (exact) mass is 468 g/mol. The van der Waals surface area contributed by atoms with Crippen molar-refractivity contribution in [3.05, 3.63) is 103 Å². The van der Waals surface area contributed by atoms with E-state index in [2.05, 4.69) is 65.6 Å². The second-order valence-electron chi connectivity index (χ2n) is 8.01. The molecular formula is C29H27NO3P+. The summed E-state index contributed by atoms with van der Waals surface area (Å²) in [7, 11) is 2.83. The minimum absolute atomic E-state index is 0.839. The first-order valence-electron chi connectivity index (χ1n) is 11.1. The van der Waals surface area contributed by atoms with Crippen molar-refractivity contribution in [2.75, 3.05) is 21.3 Å². The van der Waals surface area contributed by atoms with E-state index in [-0.39, 0.29) is 0 Å². The van der Waals surface area contributed by atoms with Gasteiger partial charge in [-0.1, -0.05) is 0 Å². The number of ether oxygens (including phenoxy) is 3. The van der Waals surface area contributed by atoms with E-state index in [0.717, 1.165) is 22.8 Å². The standard InChI is InChI=1S/C29H27NO3P/c1-31-22-5-12-25(13-6-22)34(26-14-7-23(32-2)8-15-26,27-16-9-24(33-3)10-17-27)28-11-4-21-18-19-30-29(21)20-28/h4-20,30H,1-3H3/q+1. The van der Waals surface area contributed by atoms with Crippen LogP contribution >= 0.6 is 7.26 Å². The van der Waals surface area contributed by atoms with Gasteiger partial charge in [-0.25, -0.2) is 0 Å². The first-order chi connectivity index (χ1) is 16.7. The third-order valence-corrected chi connectivity index (χ3v) is 10.6. The summed E-state index contributed by atoms with van der Waals surface area (Å²) in [5.74, 6) is 2.52. The molecule has 0 aliphatic heterocycles. The second kappa shape index (κ2) is 9.24. The molecule has 0 fully saturated rings. The fourth-order valence-corrected chi connectivity index (χ4v) is 8.75. The maximum Gasteiger partial charge on any atom is 0.144 e. The molecule has 170 valence electrons. The fraction of sp³-hybridized carbons (Fsp3) is 0.103. The van der Waals surface area contributed by atoms with Gasteiger partial charge in [0.05, 0.1) is 21.3 Å². The quantitative estimate of drug-likeness (QED) is 0.349. The smallest absolute Gasteiger partial charge is 0.144 e. The molecule has 0 aliphatic rings. The molecule has 0 amide bonds. The van der Waals surface area contributed by atoms with Gasteiger partial charge in [0, 0.05) is 17.8 Å². The van der Waals surface area contributed by atoms with Crippen molar-refractivity contribution in [2.24, 2.45) is 0 Å². The van der Waals surface area contributed by atoms with E-state index >= 15 is 0 Å². The van der Waals surface area contributed by atoms with Crippen LogP contribution in [-0.4, -0.2) is 26.3 Å². The number of fused-ring (bicyclic) bond motifs is 1. The van der Waals surface area contributed by atoms with Crippen molar-refractivity contribution in [2.45, 2.75) is 0 Å². The second-order valence-corrected chi connectivity index (χ2v) is 11.4. The number of rotatable bonds is 7. The number of aromatic nitrogens is 1. The van der Waals surface area contributed by atoms with Gasteiger partial charge in [-0.2, -0.15) is 0 Å². The maximum atomic E-state index is 5.48. The van der Waals surface area contributed by atoms with Crippen LogP contribution in [0.3, 0.4) is 0 Å². The van der Waals surface area contributed by atoms with Gasteiger partial charge in [0.1, 0.15) is 45.7 Å². The Balaban J connectivity index is 1.86. The van der Waals surface area contributed by atoms with E-state index in [0.29, 0.717) is 0 Å². The average Bonchev–Trinajstić information content (AvgIpc) is 3.38. The Morgan fingerprint density at radius 3 is 1.32 bits per heavy atom. The number of benzene rings is 4. The topological polar surface area (TPSA) is 43.5 Å². The molecule has 0 radical (unpaired) electrons. The van der Waals surface area contributed by atoms with Crippen LogP contribution in [0.4, 0.5) is 0 Å². The molecule has 1 N–H and O–H groups in total. The van der Waals surface area contributed by atoms with Gasteiger partial charge >= 0.3 is 0 Å². The molecule has 0 unspecified atom stereocenters. The van der Waals surface area contributed by atoms with Crippen LogP contribution in [0.25, 0.3) is 10.9 Å². The van der Waals surface area contributed by atoms with Gasteiger partial charge in [0.25, 0.3) is 0 Å². The van der Waals surface area contributed by atoms with E-state index in [9.17, 15) is 0 Å². The molecule has 5 rings (SSSR count). The summed E-state index contributed by atoms with van der Waals surface area (Å²) in [6.07, 6.45) is 1.99. The molecule has 0 spiro atoms. The number of hydrogen-bond donors (Lipinski definition) is 1. The van der Waals surface area contributed by atoms with Crippen LogP contribution in [0, 0.1) is 0 Å². The number of aromatic amines is 1. The normalized spacial score (nSPS) is 11.4. The van der Waals surface area contributed by atoms with Crippen molar-refractivity contribution < 1.29 is 14.2 Å². The summed E-state index contributed by atoms with van der Waals surface area (Å²) in [6, 6.07) is 34.3. The van der Waals surface area contributed by atoms with Crippen LogP contribution < -0.4 is 35.4 Å². The summed E-state index contributed by atoms with van der Waals surface area (Å²) in [6.45, 7) is 0. The average molecular weight is 469 g/mol. The van der Waals surface area contributed by atoms with E-state index in [1.807, 2.05) is 42.6 Å². The van der Waals surface area contributed by atoms with E-state index in [1.165, 1.54) is 26.6 Å². The largest absolute Gasteiger partial charge is 0.497 e. The van der Waals surface area contributed by atoms with Gasteiger partial charge in [0.2, 0.25) is 0 Å². The Morgan fingerprint density at radius 1 is 0.500 bits per heavy atom. The van der Waals surface area contributed by atoms with Gasteiger partial charge in [-0.05, 0) is 96.4 Å². The Hall–Kier alpha value is -3.75. The summed E-state index contributed by atoms with van der Waals surface area (Å²) in [5, 5.41) is 6.20. The molecule has 5 aromatic rings. The summed E-state index contributed by atoms with van der Waals surface area (Å²) in [5.41, 5.74) is 1.12. The zero-order chi connectivity index (χ0) is 23.5. The molecular weight excluding hydrogens is 441 g/mol. The molecule has 0 saturated carbocycles. The number of nitrogens with one attached hydrogen (secondary N) is 1. The molecule has 0 aliphatic carbocycles. The molecule has 4 nitrogen and oxygen atoms in total. The maximum absolute atomic E-state index is 5.48. The molecule has 34 heavy (non-hydrogen) atoms. The van der Waals surface area contributed by atoms with Gasteiger partial charge in [-0.15, -0.1) is 0 Å². The Morgan fingerprint density at radius 2 is 0.912 bits per heavy atom. The predicted octanol–water partition coefficient (Wildman–Crippen LogP) is 4.81. The number of hydrogen-bond acceptors (Lipinski definition) is 3. The lowest BCUT2D eigenvalue weighted by molar-refractivity contribution is 0.415. The van der Waals surface area contributed by atoms with Crippen molar-refractivity contribution in [1.29, 1.82) is 0 Å². The molecule has 5 heteroatoms. The van der Waals surface area contributed by atoms with Crippen molar-refractivity contribution in [3.8, 4) is 17.2 Å². The first-order valence-corrected chi connectivity index (χ1v) is 12.9. The van der Waals surface area contributed by atoms with E-state index < -0.39 is 7.26 Å².